The van der Waals surface area contributed by atoms with Gasteiger partial charge in [0, 0.05) is 36.6 Å². The first kappa shape index (κ1) is 17.0. The Bertz CT molecular complexity index is 1030. The molecule has 3 aromatic rings. The summed E-state index contributed by atoms with van der Waals surface area (Å²) in [6.45, 7) is 1.17. The lowest BCUT2D eigenvalue weighted by Crippen LogP contribution is -2.63. The van der Waals surface area contributed by atoms with Crippen LogP contribution in [0.1, 0.15) is 24.0 Å². The number of carbonyl (C=O) groups is 2. The number of hydrogen-bond acceptors (Lipinski definition) is 2. The summed E-state index contributed by atoms with van der Waals surface area (Å²) in [5, 5.41) is 1.12. The molecule has 0 unspecified atom stereocenters. The van der Waals surface area contributed by atoms with Gasteiger partial charge in [-0.15, -0.1) is 0 Å². The second-order valence-electron chi connectivity index (χ2n) is 7.72. The van der Waals surface area contributed by atoms with Crippen molar-refractivity contribution < 1.29 is 9.59 Å². The minimum atomic E-state index is -0.457. The number of carbonyl (C=O) groups excluding carboxylic acids is 2. The lowest BCUT2D eigenvalue weighted by Gasteiger charge is -2.42. The predicted molar refractivity (Wildman–Crippen MR) is 108 cm³/mol. The van der Waals surface area contributed by atoms with Crippen molar-refractivity contribution in [2.75, 3.05) is 6.54 Å². The first-order valence-electron chi connectivity index (χ1n) is 9.92. The summed E-state index contributed by atoms with van der Waals surface area (Å²) in [5.41, 5.74) is 3.19. The zero-order chi connectivity index (χ0) is 19.1. The molecule has 0 spiro atoms. The largest absolute Gasteiger partial charge is 0.361 e. The van der Waals surface area contributed by atoms with Crippen molar-refractivity contribution >= 4 is 22.7 Å². The fourth-order valence-electron chi connectivity index (χ4n) is 4.63. The van der Waals surface area contributed by atoms with Gasteiger partial charge in [-0.1, -0.05) is 48.5 Å². The van der Waals surface area contributed by atoms with Gasteiger partial charge in [0.05, 0.1) is 0 Å². The molecule has 0 bridgehead atoms. The molecule has 0 saturated carbocycles. The fraction of sp³-hybridized carbons (Fsp3) is 0.304. The van der Waals surface area contributed by atoms with Crippen molar-refractivity contribution in [2.24, 2.45) is 0 Å². The van der Waals surface area contributed by atoms with Crippen LogP contribution in [0.25, 0.3) is 10.9 Å². The van der Waals surface area contributed by atoms with Gasteiger partial charge in [0.2, 0.25) is 11.8 Å². The van der Waals surface area contributed by atoms with Crippen LogP contribution in [0.15, 0.2) is 60.8 Å². The zero-order valence-corrected chi connectivity index (χ0v) is 15.7. The van der Waals surface area contributed by atoms with E-state index in [2.05, 4.69) is 11.1 Å². The number of para-hydroxylation sites is 1. The average Bonchev–Trinajstić information content (AvgIpc) is 3.37. The lowest BCUT2D eigenvalue weighted by molar-refractivity contribution is -0.160. The number of aromatic nitrogens is 1. The first-order valence-corrected chi connectivity index (χ1v) is 9.92. The third-order valence-corrected chi connectivity index (χ3v) is 6.05. The zero-order valence-electron chi connectivity index (χ0n) is 15.7. The molecule has 1 aromatic heterocycles. The Balaban J connectivity index is 1.51. The summed E-state index contributed by atoms with van der Waals surface area (Å²) >= 11 is 0. The summed E-state index contributed by atoms with van der Waals surface area (Å²) in [6.07, 6.45) is 4.18. The second kappa shape index (κ2) is 6.82. The Kier molecular flexibility index (Phi) is 4.15. The third-order valence-electron chi connectivity index (χ3n) is 6.05. The van der Waals surface area contributed by atoms with Gasteiger partial charge in [-0.3, -0.25) is 9.59 Å². The normalized spacial score (nSPS) is 22.1. The van der Waals surface area contributed by atoms with E-state index >= 15 is 0 Å². The number of hydrogen-bond donors (Lipinski definition) is 1. The Labute approximate surface area is 163 Å². The van der Waals surface area contributed by atoms with Gasteiger partial charge in [-0.2, -0.15) is 0 Å². The summed E-state index contributed by atoms with van der Waals surface area (Å²) < 4.78 is 0. The van der Waals surface area contributed by atoms with Gasteiger partial charge in [0.25, 0.3) is 0 Å². The van der Waals surface area contributed by atoms with E-state index < -0.39 is 6.04 Å². The number of fused-ring (bicyclic) bond motifs is 2. The molecule has 2 saturated heterocycles. The van der Waals surface area contributed by atoms with E-state index in [9.17, 15) is 9.59 Å². The average molecular weight is 373 g/mol. The Morgan fingerprint density at radius 2 is 1.75 bits per heavy atom. The monoisotopic (exact) mass is 373 g/mol. The number of nitrogens with one attached hydrogen (secondary N) is 1. The van der Waals surface area contributed by atoms with E-state index in [1.165, 1.54) is 0 Å². The molecule has 0 aliphatic carbocycles. The standard InChI is InChI=1S/C23H23N3O2/c27-22-20-11-6-12-25(20)23(28)21(26(22)15-16-7-2-1-3-8-16)13-17-14-24-19-10-5-4-9-18(17)19/h1-5,7-10,14,20-21,24H,6,11-13,15H2/t20-,21-/m0/s1. The number of benzene rings is 2. The van der Waals surface area contributed by atoms with Crippen LogP contribution in [0.5, 0.6) is 0 Å². The molecule has 2 atom stereocenters. The van der Waals surface area contributed by atoms with Crippen LogP contribution >= 0.6 is 0 Å². The van der Waals surface area contributed by atoms with E-state index in [1.807, 2.05) is 64.5 Å². The van der Waals surface area contributed by atoms with Crippen molar-refractivity contribution in [1.82, 2.24) is 14.8 Å². The highest BCUT2D eigenvalue weighted by Crippen LogP contribution is 2.31. The van der Waals surface area contributed by atoms with Crippen LogP contribution in [-0.4, -0.2) is 45.2 Å². The fourth-order valence-corrected chi connectivity index (χ4v) is 4.63. The van der Waals surface area contributed by atoms with E-state index in [0.29, 0.717) is 19.5 Å². The molecule has 5 rings (SSSR count). The van der Waals surface area contributed by atoms with Crippen LogP contribution < -0.4 is 0 Å². The first-order chi connectivity index (χ1) is 13.7. The van der Waals surface area contributed by atoms with E-state index in [-0.39, 0.29) is 17.9 Å². The summed E-state index contributed by atoms with van der Waals surface area (Å²) in [5.74, 6) is 0.175. The molecule has 2 amide bonds. The van der Waals surface area contributed by atoms with Crippen LogP contribution in [0, 0.1) is 0 Å². The van der Waals surface area contributed by atoms with Crippen molar-refractivity contribution in [3.05, 3.63) is 71.9 Å². The number of amides is 2. The smallest absolute Gasteiger partial charge is 0.246 e. The summed E-state index contributed by atoms with van der Waals surface area (Å²) in [4.78, 5) is 33.5. The molecule has 2 aliphatic heterocycles. The lowest BCUT2D eigenvalue weighted by atomic mass is 9.97. The molecular formula is C23H23N3O2. The highest BCUT2D eigenvalue weighted by molar-refractivity contribution is 5.98. The van der Waals surface area contributed by atoms with Gasteiger partial charge in [0.1, 0.15) is 12.1 Å². The van der Waals surface area contributed by atoms with Gasteiger partial charge in [0.15, 0.2) is 0 Å². The third kappa shape index (κ3) is 2.78. The Hall–Kier alpha value is -3.08. The minimum Gasteiger partial charge on any atom is -0.361 e. The molecule has 2 aliphatic rings. The van der Waals surface area contributed by atoms with Gasteiger partial charge in [-0.25, -0.2) is 0 Å². The molecule has 2 aromatic carbocycles. The van der Waals surface area contributed by atoms with Crippen LogP contribution in [0.2, 0.25) is 0 Å². The molecule has 28 heavy (non-hydrogen) atoms. The maximum Gasteiger partial charge on any atom is 0.246 e. The molecule has 142 valence electrons. The SMILES string of the molecule is O=C1[C@H](Cc2c[nH]c3ccccc23)N(Cc2ccccc2)C(=O)[C@@H]2CCCN12. The molecule has 0 radical (unpaired) electrons. The van der Waals surface area contributed by atoms with Crippen molar-refractivity contribution in [3.63, 3.8) is 0 Å². The summed E-state index contributed by atoms with van der Waals surface area (Å²) in [7, 11) is 0. The molecule has 1 N–H and O–H groups in total. The number of rotatable bonds is 4. The van der Waals surface area contributed by atoms with Gasteiger partial charge < -0.3 is 14.8 Å². The van der Waals surface area contributed by atoms with Crippen LogP contribution in [-0.2, 0) is 22.6 Å². The molecule has 5 heteroatoms. The van der Waals surface area contributed by atoms with Crippen molar-refractivity contribution in [3.8, 4) is 0 Å². The summed E-state index contributed by atoms with van der Waals surface area (Å²) in [6, 6.07) is 17.3. The molecule has 3 heterocycles. The number of aromatic amines is 1. The number of nitrogens with zero attached hydrogens (tertiary/aromatic N) is 2. The maximum atomic E-state index is 13.3. The topological polar surface area (TPSA) is 56.4 Å². The van der Waals surface area contributed by atoms with Crippen molar-refractivity contribution in [2.45, 2.75) is 37.9 Å². The second-order valence-corrected chi connectivity index (χ2v) is 7.72. The van der Waals surface area contributed by atoms with Crippen LogP contribution in [0.3, 0.4) is 0 Å². The molecule has 5 nitrogen and oxygen atoms in total. The highest BCUT2D eigenvalue weighted by Gasteiger charge is 2.47. The van der Waals surface area contributed by atoms with E-state index in [4.69, 9.17) is 0 Å². The Morgan fingerprint density at radius 1 is 0.964 bits per heavy atom. The number of piperazine rings is 1. The Morgan fingerprint density at radius 3 is 2.61 bits per heavy atom. The number of H-pyrrole nitrogens is 1. The molecule has 2 fully saturated rings. The van der Waals surface area contributed by atoms with E-state index in [0.717, 1.165) is 34.9 Å². The quantitative estimate of drug-likeness (QED) is 0.764. The van der Waals surface area contributed by atoms with Gasteiger partial charge >= 0.3 is 0 Å². The van der Waals surface area contributed by atoms with Crippen molar-refractivity contribution in [1.29, 1.82) is 0 Å². The predicted octanol–water partition coefficient (Wildman–Crippen LogP) is 3.11. The maximum absolute atomic E-state index is 13.3. The van der Waals surface area contributed by atoms with Gasteiger partial charge in [-0.05, 0) is 30.0 Å². The highest BCUT2D eigenvalue weighted by atomic mass is 16.2. The molecular weight excluding hydrogens is 350 g/mol. The van der Waals surface area contributed by atoms with Crippen LogP contribution in [0.4, 0.5) is 0 Å². The van der Waals surface area contributed by atoms with E-state index in [1.54, 1.807) is 0 Å². The minimum absolute atomic E-state index is 0.0864.